The van der Waals surface area contributed by atoms with E-state index in [1.54, 1.807) is 0 Å². The lowest BCUT2D eigenvalue weighted by atomic mass is 9.79. The molecule has 0 spiro atoms. The molecule has 2 aliphatic rings. The van der Waals surface area contributed by atoms with E-state index >= 15 is 0 Å². The first-order valence-electron chi connectivity index (χ1n) is 8.11. The van der Waals surface area contributed by atoms with Crippen molar-refractivity contribution in [3.63, 3.8) is 0 Å². The Balaban J connectivity index is 1.69. The second kappa shape index (κ2) is 5.87. The van der Waals surface area contributed by atoms with Crippen LogP contribution in [0.15, 0.2) is 30.3 Å². The molecule has 1 aromatic carbocycles. The number of benzene rings is 1. The summed E-state index contributed by atoms with van der Waals surface area (Å²) in [6, 6.07) is 11.8. The van der Waals surface area contributed by atoms with Crippen LogP contribution in [0.25, 0.3) is 0 Å². The summed E-state index contributed by atoms with van der Waals surface area (Å²) in [5.41, 5.74) is 1.44. The van der Waals surface area contributed by atoms with Crippen molar-refractivity contribution < 1.29 is 5.11 Å². The lowest BCUT2D eigenvalue weighted by Gasteiger charge is -2.42. The van der Waals surface area contributed by atoms with Gasteiger partial charge in [0.1, 0.15) is 0 Å². The summed E-state index contributed by atoms with van der Waals surface area (Å²) >= 11 is 0. The zero-order valence-corrected chi connectivity index (χ0v) is 12.7. The molecule has 3 rings (SSSR count). The first kappa shape index (κ1) is 14.1. The van der Waals surface area contributed by atoms with Crippen LogP contribution in [0.4, 0.5) is 0 Å². The zero-order chi connectivity index (χ0) is 14.1. The van der Waals surface area contributed by atoms with Gasteiger partial charge >= 0.3 is 0 Å². The summed E-state index contributed by atoms with van der Waals surface area (Å²) in [6.45, 7) is 2.33. The number of nitrogens with zero attached hydrogens (tertiary/aromatic N) is 1. The molecule has 0 amide bonds. The molecule has 2 aliphatic carbocycles. The van der Waals surface area contributed by atoms with Gasteiger partial charge in [0.25, 0.3) is 0 Å². The molecule has 0 aliphatic heterocycles. The predicted molar refractivity (Wildman–Crippen MR) is 82.8 cm³/mol. The summed E-state index contributed by atoms with van der Waals surface area (Å²) in [6.07, 6.45) is 5.74. The molecule has 0 bridgehead atoms. The Morgan fingerprint density at radius 3 is 2.45 bits per heavy atom. The van der Waals surface area contributed by atoms with E-state index in [0.29, 0.717) is 18.0 Å². The molecule has 110 valence electrons. The van der Waals surface area contributed by atoms with E-state index < -0.39 is 0 Å². The molecule has 0 saturated heterocycles. The third-order valence-corrected chi connectivity index (χ3v) is 5.52. The Bertz CT molecular complexity index is 428. The maximum absolute atomic E-state index is 10.4. The summed E-state index contributed by atoms with van der Waals surface area (Å²) in [5.74, 6) is 1.47. The number of aliphatic hydroxyl groups excluding tert-OH is 1. The minimum Gasteiger partial charge on any atom is -0.391 e. The zero-order valence-electron chi connectivity index (χ0n) is 12.7. The quantitative estimate of drug-likeness (QED) is 0.908. The van der Waals surface area contributed by atoms with Gasteiger partial charge in [-0.2, -0.15) is 0 Å². The summed E-state index contributed by atoms with van der Waals surface area (Å²) < 4.78 is 0. The molecule has 2 saturated carbocycles. The molecule has 4 unspecified atom stereocenters. The lowest BCUT2D eigenvalue weighted by Crippen LogP contribution is -2.49. The van der Waals surface area contributed by atoms with Gasteiger partial charge in [-0.15, -0.1) is 0 Å². The van der Waals surface area contributed by atoms with E-state index in [2.05, 4.69) is 49.2 Å². The number of likely N-dealkylation sites (N-methyl/N-ethyl adjacent to an activating group) is 1. The standard InChI is InChI=1S/C18H27NO/c1-13(14-8-9-14)19(2)17-12-16(10-11-18(17)20)15-6-4-3-5-7-15/h3-7,13-14,16-18,20H,8-12H2,1-2H3. The minimum absolute atomic E-state index is 0.152. The van der Waals surface area contributed by atoms with Crippen LogP contribution in [0, 0.1) is 5.92 Å². The van der Waals surface area contributed by atoms with Crippen molar-refractivity contribution in [2.45, 2.75) is 63.1 Å². The van der Waals surface area contributed by atoms with Crippen molar-refractivity contribution in [1.82, 2.24) is 4.90 Å². The molecule has 0 heterocycles. The Kier molecular flexibility index (Phi) is 4.13. The van der Waals surface area contributed by atoms with Crippen molar-refractivity contribution in [2.24, 2.45) is 5.92 Å². The molecule has 1 aromatic rings. The van der Waals surface area contributed by atoms with Gasteiger partial charge in [0, 0.05) is 12.1 Å². The fraction of sp³-hybridized carbons (Fsp3) is 0.667. The lowest BCUT2D eigenvalue weighted by molar-refractivity contribution is 0.00588. The average Bonchev–Trinajstić information content (AvgIpc) is 3.32. The molecular weight excluding hydrogens is 246 g/mol. The van der Waals surface area contributed by atoms with Crippen LogP contribution < -0.4 is 0 Å². The fourth-order valence-electron chi connectivity index (χ4n) is 3.81. The van der Waals surface area contributed by atoms with Crippen LogP contribution in [0.3, 0.4) is 0 Å². The molecule has 0 radical (unpaired) electrons. The van der Waals surface area contributed by atoms with Gasteiger partial charge in [-0.3, -0.25) is 4.90 Å². The smallest absolute Gasteiger partial charge is 0.0695 e. The Morgan fingerprint density at radius 1 is 1.10 bits per heavy atom. The van der Waals surface area contributed by atoms with Crippen LogP contribution in [-0.2, 0) is 0 Å². The van der Waals surface area contributed by atoms with E-state index in [1.807, 2.05) is 0 Å². The number of rotatable bonds is 4. The van der Waals surface area contributed by atoms with E-state index in [1.165, 1.54) is 18.4 Å². The molecule has 4 atom stereocenters. The monoisotopic (exact) mass is 273 g/mol. The number of hydrogen-bond acceptors (Lipinski definition) is 2. The number of aliphatic hydroxyl groups is 1. The van der Waals surface area contributed by atoms with E-state index in [9.17, 15) is 5.11 Å². The predicted octanol–water partition coefficient (Wildman–Crippen LogP) is 3.41. The van der Waals surface area contributed by atoms with Crippen LogP contribution in [0.1, 0.15) is 50.5 Å². The maximum atomic E-state index is 10.4. The van der Waals surface area contributed by atoms with Gasteiger partial charge in [-0.1, -0.05) is 30.3 Å². The van der Waals surface area contributed by atoms with E-state index in [-0.39, 0.29) is 6.10 Å². The fourth-order valence-corrected chi connectivity index (χ4v) is 3.81. The van der Waals surface area contributed by atoms with Crippen molar-refractivity contribution >= 4 is 0 Å². The van der Waals surface area contributed by atoms with Crippen LogP contribution in [0.5, 0.6) is 0 Å². The highest BCUT2D eigenvalue weighted by molar-refractivity contribution is 5.20. The molecule has 20 heavy (non-hydrogen) atoms. The second-order valence-electron chi connectivity index (χ2n) is 6.80. The largest absolute Gasteiger partial charge is 0.391 e. The Hall–Kier alpha value is -0.860. The van der Waals surface area contributed by atoms with Crippen molar-refractivity contribution in [2.75, 3.05) is 7.05 Å². The second-order valence-corrected chi connectivity index (χ2v) is 6.80. The maximum Gasteiger partial charge on any atom is 0.0695 e. The average molecular weight is 273 g/mol. The Morgan fingerprint density at radius 2 is 1.80 bits per heavy atom. The van der Waals surface area contributed by atoms with E-state index in [4.69, 9.17) is 0 Å². The first-order chi connectivity index (χ1) is 9.66. The number of hydrogen-bond donors (Lipinski definition) is 1. The van der Waals surface area contributed by atoms with Gasteiger partial charge < -0.3 is 5.11 Å². The topological polar surface area (TPSA) is 23.5 Å². The molecule has 1 N–H and O–H groups in total. The van der Waals surface area contributed by atoms with Crippen LogP contribution in [0.2, 0.25) is 0 Å². The summed E-state index contributed by atoms with van der Waals surface area (Å²) in [4.78, 5) is 2.46. The van der Waals surface area contributed by atoms with Gasteiger partial charge in [0.05, 0.1) is 6.10 Å². The first-order valence-corrected chi connectivity index (χ1v) is 8.11. The normalized spacial score (nSPS) is 32.3. The van der Waals surface area contributed by atoms with Gasteiger partial charge in [0.15, 0.2) is 0 Å². The molecule has 2 nitrogen and oxygen atoms in total. The van der Waals surface area contributed by atoms with Crippen molar-refractivity contribution in [3.8, 4) is 0 Å². The highest BCUT2D eigenvalue weighted by Gasteiger charge is 2.38. The molecule has 2 heteroatoms. The molecular formula is C18H27NO. The Labute approximate surface area is 122 Å². The minimum atomic E-state index is -0.152. The summed E-state index contributed by atoms with van der Waals surface area (Å²) in [7, 11) is 2.21. The van der Waals surface area contributed by atoms with Gasteiger partial charge in [-0.25, -0.2) is 0 Å². The van der Waals surface area contributed by atoms with Crippen LogP contribution in [-0.4, -0.2) is 35.2 Å². The van der Waals surface area contributed by atoms with Crippen molar-refractivity contribution in [1.29, 1.82) is 0 Å². The third kappa shape index (κ3) is 2.91. The van der Waals surface area contributed by atoms with Crippen molar-refractivity contribution in [3.05, 3.63) is 35.9 Å². The van der Waals surface area contributed by atoms with Crippen LogP contribution >= 0.6 is 0 Å². The highest BCUT2D eigenvalue weighted by atomic mass is 16.3. The third-order valence-electron chi connectivity index (χ3n) is 5.52. The summed E-state index contributed by atoms with van der Waals surface area (Å²) in [5, 5.41) is 10.4. The molecule has 0 aromatic heterocycles. The van der Waals surface area contributed by atoms with Gasteiger partial charge in [-0.05, 0) is 63.5 Å². The highest BCUT2D eigenvalue weighted by Crippen LogP contribution is 2.39. The molecule has 2 fully saturated rings. The SMILES string of the molecule is CC(C1CC1)N(C)C1CC(c2ccccc2)CCC1O. The van der Waals surface area contributed by atoms with Gasteiger partial charge in [0.2, 0.25) is 0 Å². The van der Waals surface area contributed by atoms with E-state index in [0.717, 1.165) is 25.2 Å².